The number of aryl methyl sites for hydroxylation is 1. The molecular formula is C36H47ClN4O6S. The summed E-state index contributed by atoms with van der Waals surface area (Å²) in [6.07, 6.45) is 9.90. The van der Waals surface area contributed by atoms with Crippen molar-refractivity contribution in [3.8, 4) is 5.75 Å². The van der Waals surface area contributed by atoms with Gasteiger partial charge in [-0.3, -0.25) is 13.8 Å². The number of methoxy groups -OCH3 is 1. The van der Waals surface area contributed by atoms with Crippen LogP contribution in [-0.2, 0) is 33.1 Å². The molecule has 1 aromatic carbocycles. The molecule has 12 heteroatoms. The Morgan fingerprint density at radius 1 is 1.19 bits per heavy atom. The highest BCUT2D eigenvalue weighted by Crippen LogP contribution is 2.42. The molecule has 2 bridgehead atoms. The van der Waals surface area contributed by atoms with Crippen molar-refractivity contribution in [1.29, 1.82) is 0 Å². The van der Waals surface area contributed by atoms with Gasteiger partial charge < -0.3 is 24.8 Å². The minimum absolute atomic E-state index is 0.0663. The normalized spacial score (nSPS) is 33.6. The second-order valence-electron chi connectivity index (χ2n) is 14.2. The maximum absolute atomic E-state index is 13.8. The van der Waals surface area contributed by atoms with Gasteiger partial charge in [0.25, 0.3) is 0 Å². The predicted octanol–water partition coefficient (Wildman–Crippen LogP) is 5.50. The number of aromatic nitrogens is 1. The van der Waals surface area contributed by atoms with Crippen molar-refractivity contribution < 1.29 is 28.4 Å². The van der Waals surface area contributed by atoms with Gasteiger partial charge in [-0.25, -0.2) is 4.98 Å². The van der Waals surface area contributed by atoms with Crippen molar-refractivity contribution in [2.45, 2.75) is 88.8 Å². The third kappa shape index (κ3) is 7.90. The Labute approximate surface area is 289 Å². The molecule has 2 aliphatic carbocycles. The van der Waals surface area contributed by atoms with Crippen molar-refractivity contribution in [3.63, 3.8) is 0 Å². The van der Waals surface area contributed by atoms with E-state index in [2.05, 4.69) is 26.7 Å². The van der Waals surface area contributed by atoms with Crippen molar-refractivity contribution in [3.05, 3.63) is 64.3 Å². The van der Waals surface area contributed by atoms with E-state index in [0.29, 0.717) is 61.5 Å². The average molecular weight is 699 g/mol. The number of carbonyl (C=O) groups is 2. The zero-order valence-corrected chi connectivity index (χ0v) is 29.6. The Morgan fingerprint density at radius 3 is 2.73 bits per heavy atom. The predicted molar refractivity (Wildman–Crippen MR) is 187 cm³/mol. The second kappa shape index (κ2) is 14.9. The molecule has 10 nitrogen and oxygen atoms in total. The van der Waals surface area contributed by atoms with Crippen LogP contribution in [0.2, 0.25) is 5.02 Å². The summed E-state index contributed by atoms with van der Waals surface area (Å²) < 4.78 is 30.2. The molecule has 6 atom stereocenters. The van der Waals surface area contributed by atoms with Gasteiger partial charge in [0, 0.05) is 31.1 Å². The summed E-state index contributed by atoms with van der Waals surface area (Å²) in [5.74, 6) is 0.0660. The number of anilines is 1. The molecule has 2 fully saturated rings. The molecule has 1 aromatic heterocycles. The van der Waals surface area contributed by atoms with E-state index in [-0.39, 0.29) is 35.5 Å². The number of allylic oxidation sites excluding steroid dienone is 1. The van der Waals surface area contributed by atoms with Crippen LogP contribution in [0.15, 0.2) is 46.8 Å². The van der Waals surface area contributed by atoms with Gasteiger partial charge in [-0.05, 0) is 111 Å². The molecular weight excluding hydrogens is 652 g/mol. The number of halogens is 1. The maximum atomic E-state index is 13.8. The Morgan fingerprint density at radius 2 is 2.00 bits per heavy atom. The molecule has 0 radical (unpaired) electrons. The van der Waals surface area contributed by atoms with Crippen LogP contribution in [-0.4, -0.2) is 63.5 Å². The monoisotopic (exact) mass is 698 g/mol. The molecule has 0 saturated heterocycles. The summed E-state index contributed by atoms with van der Waals surface area (Å²) >= 11 is 6.43. The Kier molecular flexibility index (Phi) is 10.8. The SMILES string of the molecule is CO[C@H]1/C=C/C[C@H](C)C(NC(=O)[C@H]2C[C@@](C)(O)C2)/[SH](=O)=N\C(=O)c2ccc3c(n2)N(Cc2ccc(Cl)cc2CCCCO3)C[C@@H]2CC[C@H]21. The largest absolute Gasteiger partial charge is 0.490 e. The summed E-state index contributed by atoms with van der Waals surface area (Å²) in [5, 5.41) is 12.9. The smallest absolute Gasteiger partial charge is 0.303 e. The molecule has 2 saturated carbocycles. The summed E-state index contributed by atoms with van der Waals surface area (Å²) in [6.45, 7) is 5.33. The summed E-state index contributed by atoms with van der Waals surface area (Å²) in [4.78, 5) is 33.8. The number of nitrogens with zero attached hydrogens (tertiary/aromatic N) is 3. The first kappa shape index (κ1) is 34.9. The van der Waals surface area contributed by atoms with E-state index < -0.39 is 27.5 Å². The van der Waals surface area contributed by atoms with E-state index in [1.54, 1.807) is 26.2 Å². The fraction of sp³-hybridized carbons (Fsp3) is 0.583. The first-order valence-corrected chi connectivity index (χ1v) is 18.8. The number of aliphatic hydroxyl groups is 1. The van der Waals surface area contributed by atoms with Crippen LogP contribution in [0, 0.1) is 23.7 Å². The number of carbonyl (C=O) groups excluding carboxylic acids is 2. The molecule has 3 heterocycles. The van der Waals surface area contributed by atoms with Crippen molar-refractivity contribution in [2.75, 3.05) is 25.2 Å². The summed E-state index contributed by atoms with van der Waals surface area (Å²) in [6, 6.07) is 9.36. The van der Waals surface area contributed by atoms with Crippen molar-refractivity contribution in [1.82, 2.24) is 10.3 Å². The lowest BCUT2D eigenvalue weighted by molar-refractivity contribution is -0.139. The molecule has 2 aliphatic heterocycles. The number of fused-ring (bicyclic) bond motifs is 3. The molecule has 2 aromatic rings. The van der Waals surface area contributed by atoms with Crippen molar-refractivity contribution >= 4 is 39.8 Å². The minimum Gasteiger partial charge on any atom is -0.490 e. The van der Waals surface area contributed by atoms with Crippen LogP contribution in [0.3, 0.4) is 0 Å². The standard InChI is InChI=1S/C36H47ClN4O6S/c1-22-7-6-9-30(46-3)28-13-11-25(28)21-41-20-24-10-12-27(37)17-23(24)8-4-5-16-47-31-15-14-29(38-32(31)41)34(43)40-48(45)35(22)39-33(42)26-18-36(2,44)19-26/h6,9-10,12,14-15,17,22,25-26,28,30,35,44,48H,4-5,7-8,11,13,16,18-21H2,1-3H3,(H,39,42)/b9-6+/t22-,25-,26-,28+,30-,35?,36+/m0/s1. The first-order chi connectivity index (χ1) is 23.0. The molecule has 2 unspecified atom stereocenters. The lowest BCUT2D eigenvalue weighted by Gasteiger charge is -2.43. The number of ether oxygens (including phenoxy) is 2. The molecule has 4 aliphatic rings. The molecule has 2 N–H and O–H groups in total. The Balaban J connectivity index is 1.40. The van der Waals surface area contributed by atoms with E-state index in [1.807, 2.05) is 25.1 Å². The quantitative estimate of drug-likeness (QED) is 0.283. The highest BCUT2D eigenvalue weighted by Gasteiger charge is 2.43. The van der Waals surface area contributed by atoms with Crippen LogP contribution in [0.1, 0.15) is 80.4 Å². The summed E-state index contributed by atoms with van der Waals surface area (Å²) in [7, 11) is -0.820. The van der Waals surface area contributed by atoms with E-state index in [9.17, 15) is 18.9 Å². The third-order valence-corrected chi connectivity index (χ3v) is 12.2. The second-order valence-corrected chi connectivity index (χ2v) is 16.0. The average Bonchev–Trinajstić information content (AvgIpc) is 3.06. The van der Waals surface area contributed by atoms with Gasteiger partial charge in [0.15, 0.2) is 11.6 Å². The van der Waals surface area contributed by atoms with Gasteiger partial charge in [-0.1, -0.05) is 36.7 Å². The number of benzene rings is 1. The van der Waals surface area contributed by atoms with Crippen LogP contribution >= 0.6 is 11.6 Å². The van der Waals surface area contributed by atoms with Crippen LogP contribution in [0.25, 0.3) is 0 Å². The number of thiol groups is 1. The van der Waals surface area contributed by atoms with Gasteiger partial charge >= 0.3 is 5.91 Å². The van der Waals surface area contributed by atoms with Gasteiger partial charge in [-0.15, -0.1) is 0 Å². The number of hydrogen-bond donors (Lipinski definition) is 3. The molecule has 0 spiro atoms. The lowest BCUT2D eigenvalue weighted by atomic mass is 9.70. The number of amides is 2. The fourth-order valence-corrected chi connectivity index (χ4v) is 8.86. The van der Waals surface area contributed by atoms with Crippen LogP contribution < -0.4 is 15.0 Å². The van der Waals surface area contributed by atoms with E-state index in [4.69, 9.17) is 26.1 Å². The molecule has 2 amide bonds. The van der Waals surface area contributed by atoms with Gasteiger partial charge in [-0.2, -0.15) is 4.36 Å². The van der Waals surface area contributed by atoms with Crippen molar-refractivity contribution in [2.24, 2.45) is 28.0 Å². The number of pyridine rings is 1. The Hall–Kier alpha value is -2.99. The van der Waals surface area contributed by atoms with Gasteiger partial charge in [0.05, 0.1) is 28.9 Å². The zero-order chi connectivity index (χ0) is 34.0. The number of rotatable bonds is 3. The van der Waals surface area contributed by atoms with E-state index in [1.165, 1.54) is 5.56 Å². The van der Waals surface area contributed by atoms with Crippen LogP contribution in [0.4, 0.5) is 5.82 Å². The zero-order valence-electron chi connectivity index (χ0n) is 27.9. The number of nitrogens with one attached hydrogen (secondary N) is 1. The Bertz CT molecular complexity index is 1630. The minimum atomic E-state index is -2.55. The highest BCUT2D eigenvalue weighted by atomic mass is 35.5. The van der Waals surface area contributed by atoms with Gasteiger partial charge in [0.2, 0.25) is 5.91 Å². The first-order valence-electron chi connectivity index (χ1n) is 17.1. The van der Waals surface area contributed by atoms with Gasteiger partial charge in [0.1, 0.15) is 11.1 Å². The topological polar surface area (TPSA) is 130 Å². The molecule has 6 rings (SSSR count). The van der Waals surface area contributed by atoms with E-state index in [0.717, 1.165) is 37.7 Å². The van der Waals surface area contributed by atoms with E-state index >= 15 is 0 Å². The number of hydrogen-bond acceptors (Lipinski definition) is 8. The molecule has 48 heavy (non-hydrogen) atoms. The third-order valence-electron chi connectivity index (χ3n) is 10.4. The highest BCUT2D eigenvalue weighted by molar-refractivity contribution is 7.76. The lowest BCUT2D eigenvalue weighted by Crippen LogP contribution is -2.51. The fourth-order valence-electron chi connectivity index (χ4n) is 7.46. The summed E-state index contributed by atoms with van der Waals surface area (Å²) in [5.41, 5.74) is 1.52. The maximum Gasteiger partial charge on any atom is 0.303 e. The molecule has 260 valence electrons. The van der Waals surface area contributed by atoms with Crippen LogP contribution in [0.5, 0.6) is 5.75 Å².